The van der Waals surface area contributed by atoms with Gasteiger partial charge in [0, 0.05) is 6.54 Å². The van der Waals surface area contributed by atoms with E-state index >= 15 is 0 Å². The molecular formula is C14H25N3OS. The van der Waals surface area contributed by atoms with Crippen LogP contribution in [0.1, 0.15) is 44.3 Å². The zero-order valence-corrected chi connectivity index (χ0v) is 12.8. The molecular weight excluding hydrogens is 258 g/mol. The molecule has 1 aliphatic heterocycles. The van der Waals surface area contributed by atoms with Gasteiger partial charge in [0.05, 0.1) is 25.0 Å². The maximum absolute atomic E-state index is 6.43. The molecule has 4 nitrogen and oxygen atoms in total. The van der Waals surface area contributed by atoms with Crippen LogP contribution in [0.3, 0.4) is 0 Å². The quantitative estimate of drug-likeness (QED) is 0.872. The van der Waals surface area contributed by atoms with E-state index in [0.717, 1.165) is 36.7 Å². The Kier molecular flexibility index (Phi) is 5.58. The van der Waals surface area contributed by atoms with E-state index in [4.69, 9.17) is 10.5 Å². The molecule has 1 saturated heterocycles. The highest BCUT2D eigenvalue weighted by Gasteiger charge is 2.23. The number of hydrogen-bond acceptors (Lipinski definition) is 4. The predicted octanol–water partition coefficient (Wildman–Crippen LogP) is 2.83. The number of rotatable bonds is 6. The SMILES string of the molecule is CCCn1ncc(OC)c1C(N)CC1CCSCC1. The van der Waals surface area contributed by atoms with Gasteiger partial charge in [-0.3, -0.25) is 4.68 Å². The van der Waals surface area contributed by atoms with Gasteiger partial charge in [-0.15, -0.1) is 0 Å². The van der Waals surface area contributed by atoms with Crippen LogP contribution in [-0.2, 0) is 6.54 Å². The summed E-state index contributed by atoms with van der Waals surface area (Å²) in [4.78, 5) is 0. The maximum atomic E-state index is 6.43. The Bertz CT molecular complexity index is 388. The van der Waals surface area contributed by atoms with Gasteiger partial charge in [0.15, 0.2) is 5.75 Å². The lowest BCUT2D eigenvalue weighted by Crippen LogP contribution is -2.22. The first-order valence-electron chi connectivity index (χ1n) is 7.19. The van der Waals surface area contributed by atoms with Crippen molar-refractivity contribution in [2.45, 2.75) is 45.2 Å². The van der Waals surface area contributed by atoms with Gasteiger partial charge in [-0.25, -0.2) is 0 Å². The standard InChI is InChI=1S/C14H25N3OS/c1-3-6-17-14(13(18-2)10-16-17)12(15)9-11-4-7-19-8-5-11/h10-12H,3-9,15H2,1-2H3. The summed E-state index contributed by atoms with van der Waals surface area (Å²) in [5.74, 6) is 4.16. The Morgan fingerprint density at radius 1 is 1.53 bits per heavy atom. The summed E-state index contributed by atoms with van der Waals surface area (Å²) < 4.78 is 7.43. The van der Waals surface area contributed by atoms with Crippen LogP contribution in [0.4, 0.5) is 0 Å². The minimum atomic E-state index is 0.0390. The van der Waals surface area contributed by atoms with Crippen molar-refractivity contribution in [3.63, 3.8) is 0 Å². The lowest BCUT2D eigenvalue weighted by Gasteiger charge is -2.25. The molecule has 1 aromatic rings. The van der Waals surface area contributed by atoms with Crippen LogP contribution in [0.15, 0.2) is 6.20 Å². The fourth-order valence-corrected chi connectivity index (χ4v) is 3.96. The van der Waals surface area contributed by atoms with Gasteiger partial charge in [-0.1, -0.05) is 6.92 Å². The highest BCUT2D eigenvalue weighted by atomic mass is 32.2. The summed E-state index contributed by atoms with van der Waals surface area (Å²) in [6.07, 6.45) is 6.49. The number of nitrogens with zero attached hydrogens (tertiary/aromatic N) is 2. The van der Waals surface area contributed by atoms with E-state index in [1.54, 1.807) is 13.3 Å². The summed E-state index contributed by atoms with van der Waals surface area (Å²) >= 11 is 2.06. The van der Waals surface area contributed by atoms with Crippen LogP contribution in [0.2, 0.25) is 0 Å². The third-order valence-corrected chi connectivity index (χ3v) is 4.83. The van der Waals surface area contributed by atoms with Crippen molar-refractivity contribution in [1.82, 2.24) is 9.78 Å². The first-order valence-corrected chi connectivity index (χ1v) is 8.34. The van der Waals surface area contributed by atoms with Gasteiger partial charge >= 0.3 is 0 Å². The number of hydrogen-bond donors (Lipinski definition) is 1. The topological polar surface area (TPSA) is 53.1 Å². The van der Waals surface area contributed by atoms with Gasteiger partial charge < -0.3 is 10.5 Å². The van der Waals surface area contributed by atoms with Crippen molar-refractivity contribution >= 4 is 11.8 Å². The highest BCUT2D eigenvalue weighted by molar-refractivity contribution is 7.99. The molecule has 0 saturated carbocycles. The molecule has 5 heteroatoms. The number of ether oxygens (including phenoxy) is 1. The zero-order valence-electron chi connectivity index (χ0n) is 12.0. The third-order valence-electron chi connectivity index (χ3n) is 3.78. The fourth-order valence-electron chi connectivity index (χ4n) is 2.75. The van der Waals surface area contributed by atoms with Crippen molar-refractivity contribution in [3.05, 3.63) is 11.9 Å². The van der Waals surface area contributed by atoms with Crippen molar-refractivity contribution in [3.8, 4) is 5.75 Å². The predicted molar refractivity (Wildman–Crippen MR) is 80.7 cm³/mol. The molecule has 0 bridgehead atoms. The van der Waals surface area contributed by atoms with E-state index in [1.165, 1.54) is 24.3 Å². The molecule has 0 amide bonds. The smallest absolute Gasteiger partial charge is 0.161 e. The number of aryl methyl sites for hydroxylation is 1. The van der Waals surface area contributed by atoms with Crippen LogP contribution in [-0.4, -0.2) is 28.4 Å². The Morgan fingerprint density at radius 3 is 2.89 bits per heavy atom. The lowest BCUT2D eigenvalue weighted by atomic mass is 9.93. The molecule has 1 unspecified atom stereocenters. The fraction of sp³-hybridized carbons (Fsp3) is 0.786. The molecule has 1 aliphatic rings. The number of thioether (sulfide) groups is 1. The van der Waals surface area contributed by atoms with Crippen LogP contribution < -0.4 is 10.5 Å². The Balaban J connectivity index is 2.07. The molecule has 0 aromatic carbocycles. The molecule has 0 radical (unpaired) electrons. The molecule has 0 aliphatic carbocycles. The largest absolute Gasteiger partial charge is 0.493 e. The summed E-state index contributed by atoms with van der Waals surface area (Å²) in [6, 6.07) is 0.0390. The van der Waals surface area contributed by atoms with Crippen LogP contribution in [0.5, 0.6) is 5.75 Å². The molecule has 19 heavy (non-hydrogen) atoms. The molecule has 2 heterocycles. The molecule has 1 fully saturated rings. The first kappa shape index (κ1) is 14.7. The number of nitrogens with two attached hydrogens (primary N) is 1. The van der Waals surface area contributed by atoms with E-state index in [2.05, 4.69) is 23.8 Å². The first-order chi connectivity index (χ1) is 9.26. The van der Waals surface area contributed by atoms with Crippen molar-refractivity contribution in [1.29, 1.82) is 0 Å². The Labute approximate surface area is 120 Å². The molecule has 1 atom stereocenters. The van der Waals surface area contributed by atoms with Gasteiger partial charge in [-0.2, -0.15) is 16.9 Å². The van der Waals surface area contributed by atoms with Gasteiger partial charge in [0.1, 0.15) is 0 Å². The second kappa shape index (κ2) is 7.20. The van der Waals surface area contributed by atoms with Crippen LogP contribution in [0.25, 0.3) is 0 Å². The summed E-state index contributed by atoms with van der Waals surface area (Å²) in [5.41, 5.74) is 7.50. The van der Waals surface area contributed by atoms with Crippen molar-refractivity contribution in [2.75, 3.05) is 18.6 Å². The van der Waals surface area contributed by atoms with E-state index in [0.29, 0.717) is 0 Å². The van der Waals surface area contributed by atoms with Gasteiger partial charge in [0.2, 0.25) is 0 Å². The summed E-state index contributed by atoms with van der Waals surface area (Å²) in [7, 11) is 1.70. The lowest BCUT2D eigenvalue weighted by molar-refractivity contribution is 0.371. The van der Waals surface area contributed by atoms with E-state index in [9.17, 15) is 0 Å². The second-order valence-corrected chi connectivity index (χ2v) is 6.44. The molecule has 2 N–H and O–H groups in total. The van der Waals surface area contributed by atoms with Crippen LogP contribution >= 0.6 is 11.8 Å². The Morgan fingerprint density at radius 2 is 2.26 bits per heavy atom. The minimum absolute atomic E-state index is 0.0390. The molecule has 108 valence electrons. The second-order valence-electron chi connectivity index (χ2n) is 5.22. The van der Waals surface area contributed by atoms with E-state index < -0.39 is 0 Å². The monoisotopic (exact) mass is 283 g/mol. The number of aromatic nitrogens is 2. The molecule has 2 rings (SSSR count). The zero-order chi connectivity index (χ0) is 13.7. The van der Waals surface area contributed by atoms with Gasteiger partial charge in [0.25, 0.3) is 0 Å². The molecule has 1 aromatic heterocycles. The van der Waals surface area contributed by atoms with Crippen molar-refractivity contribution < 1.29 is 4.74 Å². The van der Waals surface area contributed by atoms with Crippen LogP contribution in [0, 0.1) is 5.92 Å². The van der Waals surface area contributed by atoms with E-state index in [-0.39, 0.29) is 6.04 Å². The number of methoxy groups -OCH3 is 1. The Hall–Kier alpha value is -0.680. The maximum Gasteiger partial charge on any atom is 0.161 e. The average molecular weight is 283 g/mol. The van der Waals surface area contributed by atoms with Gasteiger partial charge in [-0.05, 0) is 43.1 Å². The molecule has 0 spiro atoms. The summed E-state index contributed by atoms with van der Waals surface area (Å²) in [5, 5.41) is 4.40. The highest BCUT2D eigenvalue weighted by Crippen LogP contribution is 2.33. The normalized spacial score (nSPS) is 18.5. The average Bonchev–Trinajstić information content (AvgIpc) is 2.83. The van der Waals surface area contributed by atoms with Crippen molar-refractivity contribution in [2.24, 2.45) is 11.7 Å². The minimum Gasteiger partial charge on any atom is -0.493 e. The third kappa shape index (κ3) is 3.66. The van der Waals surface area contributed by atoms with E-state index in [1.807, 2.05) is 4.68 Å². The summed E-state index contributed by atoms with van der Waals surface area (Å²) in [6.45, 7) is 3.06.